The number of amides is 1. The van der Waals surface area contributed by atoms with Gasteiger partial charge in [-0.2, -0.15) is 0 Å². The van der Waals surface area contributed by atoms with E-state index in [1.807, 2.05) is 67.3 Å². The van der Waals surface area contributed by atoms with Crippen LogP contribution in [0, 0.1) is 5.92 Å². The highest BCUT2D eigenvalue weighted by atomic mass is 16.3. The Hall–Kier alpha value is -2.33. The van der Waals surface area contributed by atoms with E-state index in [0.29, 0.717) is 5.75 Å². The molecule has 1 saturated heterocycles. The molecule has 0 aliphatic carbocycles. The number of likely N-dealkylation sites (tertiary alicyclic amines) is 1. The fraction of sp³-hybridized carbons (Fsp3) is 0.409. The molecule has 0 aromatic heterocycles. The van der Waals surface area contributed by atoms with Crippen molar-refractivity contribution in [1.29, 1.82) is 0 Å². The number of para-hydroxylation sites is 2. The Morgan fingerprint density at radius 3 is 2.31 bits per heavy atom. The van der Waals surface area contributed by atoms with E-state index in [9.17, 15) is 9.90 Å². The van der Waals surface area contributed by atoms with Crippen LogP contribution in [0.3, 0.4) is 0 Å². The van der Waals surface area contributed by atoms with Gasteiger partial charge in [0.2, 0.25) is 5.91 Å². The first-order valence-electron chi connectivity index (χ1n) is 9.43. The Kier molecular flexibility index (Phi) is 5.94. The third-order valence-electron chi connectivity index (χ3n) is 5.07. The van der Waals surface area contributed by atoms with Crippen LogP contribution in [-0.4, -0.2) is 35.0 Å². The zero-order valence-corrected chi connectivity index (χ0v) is 15.6. The van der Waals surface area contributed by atoms with Crippen molar-refractivity contribution in [2.75, 3.05) is 18.0 Å². The number of nitrogens with zero attached hydrogens (tertiary/aromatic N) is 2. The molecule has 1 N–H and O–H groups in total. The van der Waals surface area contributed by atoms with Gasteiger partial charge in [-0.3, -0.25) is 9.69 Å². The van der Waals surface area contributed by atoms with Crippen LogP contribution in [0.2, 0.25) is 0 Å². The summed E-state index contributed by atoms with van der Waals surface area (Å²) in [6.45, 7) is 6.53. The molecule has 138 valence electrons. The van der Waals surface area contributed by atoms with Crippen LogP contribution in [0.1, 0.15) is 32.3 Å². The Morgan fingerprint density at radius 1 is 1.08 bits per heavy atom. The second kappa shape index (κ2) is 8.37. The van der Waals surface area contributed by atoms with Crippen molar-refractivity contribution in [3.8, 4) is 5.75 Å². The van der Waals surface area contributed by atoms with Crippen LogP contribution in [0.4, 0.5) is 5.69 Å². The Morgan fingerprint density at radius 2 is 1.69 bits per heavy atom. The van der Waals surface area contributed by atoms with Crippen molar-refractivity contribution in [2.24, 2.45) is 5.92 Å². The molecule has 2 aromatic rings. The van der Waals surface area contributed by atoms with Gasteiger partial charge in [-0.1, -0.05) is 50.2 Å². The maximum absolute atomic E-state index is 12.8. The summed E-state index contributed by atoms with van der Waals surface area (Å²) in [5.74, 6) is 0.528. The molecule has 0 atom stereocenters. The van der Waals surface area contributed by atoms with Gasteiger partial charge >= 0.3 is 0 Å². The van der Waals surface area contributed by atoms with Gasteiger partial charge in [0.25, 0.3) is 0 Å². The standard InChI is InChI=1S/C22H28N2O2/c1-17(2)22(26)24(19-9-4-3-5-10-19)20-12-14-23(15-13-20)16-18-8-6-7-11-21(18)25/h3-11,17,20,25H,12-16H2,1-2H3. The Bertz CT molecular complexity index is 722. The molecule has 1 amide bonds. The van der Waals surface area contributed by atoms with Crippen LogP contribution in [0.5, 0.6) is 5.75 Å². The van der Waals surface area contributed by atoms with E-state index in [0.717, 1.165) is 43.7 Å². The smallest absolute Gasteiger partial charge is 0.229 e. The molecule has 2 aromatic carbocycles. The van der Waals surface area contributed by atoms with E-state index >= 15 is 0 Å². The number of carbonyl (C=O) groups is 1. The predicted molar refractivity (Wildman–Crippen MR) is 105 cm³/mol. The van der Waals surface area contributed by atoms with Gasteiger partial charge in [0, 0.05) is 42.8 Å². The molecule has 1 aliphatic heterocycles. The van der Waals surface area contributed by atoms with Crippen LogP contribution < -0.4 is 4.90 Å². The van der Waals surface area contributed by atoms with Crippen molar-refractivity contribution < 1.29 is 9.90 Å². The topological polar surface area (TPSA) is 43.8 Å². The minimum absolute atomic E-state index is 0.0190. The van der Waals surface area contributed by atoms with E-state index in [4.69, 9.17) is 0 Å². The number of anilines is 1. The van der Waals surface area contributed by atoms with E-state index < -0.39 is 0 Å². The molecule has 4 nitrogen and oxygen atoms in total. The lowest BCUT2D eigenvalue weighted by atomic mass is 9.99. The lowest BCUT2D eigenvalue weighted by Gasteiger charge is -2.39. The fourth-order valence-corrected chi connectivity index (χ4v) is 3.61. The average Bonchev–Trinajstić information content (AvgIpc) is 2.66. The van der Waals surface area contributed by atoms with E-state index in [1.54, 1.807) is 6.07 Å². The van der Waals surface area contributed by atoms with Crippen molar-refractivity contribution in [2.45, 2.75) is 39.3 Å². The number of piperidine rings is 1. The fourth-order valence-electron chi connectivity index (χ4n) is 3.61. The van der Waals surface area contributed by atoms with Gasteiger partial charge in [0.05, 0.1) is 0 Å². The van der Waals surface area contributed by atoms with Crippen molar-refractivity contribution >= 4 is 11.6 Å². The number of phenolic OH excluding ortho intramolecular Hbond substituents is 1. The van der Waals surface area contributed by atoms with Gasteiger partial charge in [0.1, 0.15) is 5.75 Å². The van der Waals surface area contributed by atoms with E-state index in [2.05, 4.69) is 4.90 Å². The molecule has 1 heterocycles. The lowest BCUT2D eigenvalue weighted by Crippen LogP contribution is -2.48. The summed E-state index contributed by atoms with van der Waals surface area (Å²) in [6, 6.07) is 17.8. The van der Waals surface area contributed by atoms with Crippen molar-refractivity contribution in [3.63, 3.8) is 0 Å². The molecule has 0 bridgehead atoms. The summed E-state index contributed by atoms with van der Waals surface area (Å²) in [7, 11) is 0. The minimum Gasteiger partial charge on any atom is -0.508 e. The Labute approximate surface area is 156 Å². The second-order valence-electron chi connectivity index (χ2n) is 7.33. The Balaban J connectivity index is 1.68. The molecule has 0 spiro atoms. The van der Waals surface area contributed by atoms with Gasteiger partial charge in [0.15, 0.2) is 0 Å². The van der Waals surface area contributed by atoms with Crippen LogP contribution in [0.25, 0.3) is 0 Å². The maximum atomic E-state index is 12.8. The van der Waals surface area contributed by atoms with Crippen molar-refractivity contribution in [1.82, 2.24) is 4.90 Å². The van der Waals surface area contributed by atoms with Crippen molar-refractivity contribution in [3.05, 3.63) is 60.2 Å². The summed E-state index contributed by atoms with van der Waals surface area (Å²) in [5, 5.41) is 9.98. The molecule has 1 aliphatic rings. The first-order chi connectivity index (χ1) is 12.6. The highest BCUT2D eigenvalue weighted by Crippen LogP contribution is 2.27. The quantitative estimate of drug-likeness (QED) is 0.883. The maximum Gasteiger partial charge on any atom is 0.229 e. The van der Waals surface area contributed by atoms with Crippen LogP contribution >= 0.6 is 0 Å². The molecule has 0 unspecified atom stereocenters. The lowest BCUT2D eigenvalue weighted by molar-refractivity contribution is -0.122. The molecule has 4 heteroatoms. The summed E-state index contributed by atoms with van der Waals surface area (Å²) in [5.41, 5.74) is 1.95. The number of hydrogen-bond donors (Lipinski definition) is 1. The summed E-state index contributed by atoms with van der Waals surface area (Å²) < 4.78 is 0. The molecule has 3 rings (SSSR count). The highest BCUT2D eigenvalue weighted by Gasteiger charge is 2.30. The third-order valence-corrected chi connectivity index (χ3v) is 5.07. The normalized spacial score (nSPS) is 16.0. The number of hydrogen-bond acceptors (Lipinski definition) is 3. The molecular weight excluding hydrogens is 324 g/mol. The van der Waals surface area contributed by atoms with E-state index in [-0.39, 0.29) is 17.9 Å². The molecule has 1 fully saturated rings. The highest BCUT2D eigenvalue weighted by molar-refractivity contribution is 5.95. The van der Waals surface area contributed by atoms with E-state index in [1.165, 1.54) is 0 Å². The summed E-state index contributed by atoms with van der Waals surface area (Å²) in [6.07, 6.45) is 1.89. The van der Waals surface area contributed by atoms with Gasteiger partial charge in [-0.05, 0) is 31.0 Å². The number of aromatic hydroxyl groups is 1. The van der Waals surface area contributed by atoms with Gasteiger partial charge < -0.3 is 10.0 Å². The SMILES string of the molecule is CC(C)C(=O)N(c1ccccc1)C1CCN(Cc2ccccc2O)CC1. The number of benzene rings is 2. The first-order valence-corrected chi connectivity index (χ1v) is 9.43. The zero-order valence-electron chi connectivity index (χ0n) is 15.6. The third kappa shape index (κ3) is 4.25. The largest absolute Gasteiger partial charge is 0.508 e. The number of carbonyl (C=O) groups excluding carboxylic acids is 1. The first kappa shape index (κ1) is 18.5. The minimum atomic E-state index is -0.0190. The van der Waals surface area contributed by atoms with Crippen LogP contribution in [-0.2, 0) is 11.3 Å². The second-order valence-corrected chi connectivity index (χ2v) is 7.33. The summed E-state index contributed by atoms with van der Waals surface area (Å²) in [4.78, 5) is 17.2. The van der Waals surface area contributed by atoms with Gasteiger partial charge in [-0.15, -0.1) is 0 Å². The summed E-state index contributed by atoms with van der Waals surface area (Å²) >= 11 is 0. The zero-order chi connectivity index (χ0) is 18.5. The monoisotopic (exact) mass is 352 g/mol. The number of rotatable bonds is 5. The predicted octanol–water partition coefficient (Wildman–Crippen LogP) is 4.05. The number of phenols is 1. The average molecular weight is 352 g/mol. The molecule has 0 radical (unpaired) electrons. The van der Waals surface area contributed by atoms with Gasteiger partial charge in [-0.25, -0.2) is 0 Å². The molecule has 0 saturated carbocycles. The van der Waals surface area contributed by atoms with Crippen LogP contribution in [0.15, 0.2) is 54.6 Å². The molecular formula is C22H28N2O2. The molecule has 26 heavy (non-hydrogen) atoms.